The van der Waals surface area contributed by atoms with E-state index in [1.54, 1.807) is 0 Å². The lowest BCUT2D eigenvalue weighted by Gasteiger charge is -2.35. The molecule has 0 aliphatic carbocycles. The first-order valence-corrected chi connectivity index (χ1v) is 8.49. The first-order valence-electron chi connectivity index (χ1n) is 8.49. The minimum atomic E-state index is -0.156. The molecule has 1 heterocycles. The van der Waals surface area contributed by atoms with Gasteiger partial charge in [0, 0.05) is 12.6 Å². The van der Waals surface area contributed by atoms with Gasteiger partial charge in [0.2, 0.25) is 0 Å². The summed E-state index contributed by atoms with van der Waals surface area (Å²) in [7, 11) is 0. The van der Waals surface area contributed by atoms with Gasteiger partial charge in [0.25, 0.3) is 0 Å². The zero-order chi connectivity index (χ0) is 15.6. The Morgan fingerprint density at radius 2 is 2.14 bits per heavy atom. The zero-order valence-electron chi connectivity index (χ0n) is 13.6. The summed E-state index contributed by atoms with van der Waals surface area (Å²) in [4.78, 5) is 14.3. The molecule has 2 rings (SSSR count). The summed E-state index contributed by atoms with van der Waals surface area (Å²) in [5, 5.41) is 3.34. The van der Waals surface area contributed by atoms with Gasteiger partial charge in [0.15, 0.2) is 0 Å². The molecule has 22 heavy (non-hydrogen) atoms. The molecular formula is C18H28N2O2. The SMILES string of the molecule is CCNCCC[C@H]1CCCCN1C(=O)OCc1ccccc1. The second-order valence-corrected chi connectivity index (χ2v) is 5.88. The van der Waals surface area contributed by atoms with Gasteiger partial charge in [-0.15, -0.1) is 0 Å². The van der Waals surface area contributed by atoms with Gasteiger partial charge in [-0.25, -0.2) is 4.79 Å². The fraction of sp³-hybridized carbons (Fsp3) is 0.611. The molecular weight excluding hydrogens is 276 g/mol. The Balaban J connectivity index is 1.80. The minimum Gasteiger partial charge on any atom is -0.445 e. The van der Waals surface area contributed by atoms with Crippen molar-refractivity contribution in [2.45, 2.75) is 51.7 Å². The van der Waals surface area contributed by atoms with Crippen LogP contribution in [0.4, 0.5) is 4.79 Å². The van der Waals surface area contributed by atoms with Crippen molar-refractivity contribution in [2.75, 3.05) is 19.6 Å². The van der Waals surface area contributed by atoms with Gasteiger partial charge in [-0.05, 0) is 50.8 Å². The van der Waals surface area contributed by atoms with E-state index in [0.717, 1.165) is 50.9 Å². The molecule has 0 radical (unpaired) electrons. The summed E-state index contributed by atoms with van der Waals surface area (Å²) >= 11 is 0. The van der Waals surface area contributed by atoms with Crippen molar-refractivity contribution in [3.05, 3.63) is 35.9 Å². The number of amides is 1. The van der Waals surface area contributed by atoms with Crippen LogP contribution in [0.5, 0.6) is 0 Å². The first kappa shape index (κ1) is 16.8. The lowest BCUT2D eigenvalue weighted by atomic mass is 9.98. The van der Waals surface area contributed by atoms with Gasteiger partial charge in [-0.1, -0.05) is 37.3 Å². The smallest absolute Gasteiger partial charge is 0.410 e. The molecule has 1 atom stereocenters. The van der Waals surface area contributed by atoms with Gasteiger partial charge >= 0.3 is 6.09 Å². The molecule has 0 saturated carbocycles. The molecule has 0 bridgehead atoms. The minimum absolute atomic E-state index is 0.156. The van der Waals surface area contributed by atoms with E-state index in [2.05, 4.69) is 12.2 Å². The van der Waals surface area contributed by atoms with Gasteiger partial charge in [0.05, 0.1) is 0 Å². The number of benzene rings is 1. The van der Waals surface area contributed by atoms with Crippen LogP contribution in [0, 0.1) is 0 Å². The average Bonchev–Trinajstić information content (AvgIpc) is 2.58. The molecule has 0 spiro atoms. The monoisotopic (exact) mass is 304 g/mol. The number of hydrogen-bond acceptors (Lipinski definition) is 3. The fourth-order valence-electron chi connectivity index (χ4n) is 2.98. The zero-order valence-corrected chi connectivity index (χ0v) is 13.6. The van der Waals surface area contributed by atoms with E-state index in [9.17, 15) is 4.79 Å². The Labute approximate surface area is 133 Å². The topological polar surface area (TPSA) is 41.6 Å². The van der Waals surface area contributed by atoms with Gasteiger partial charge in [0.1, 0.15) is 6.61 Å². The summed E-state index contributed by atoms with van der Waals surface area (Å²) in [6.07, 6.45) is 5.43. The Kier molecular flexibility index (Phi) is 7.23. The van der Waals surface area contributed by atoms with E-state index >= 15 is 0 Å². The van der Waals surface area contributed by atoms with Crippen molar-refractivity contribution < 1.29 is 9.53 Å². The summed E-state index contributed by atoms with van der Waals surface area (Å²) in [6.45, 7) is 5.35. The molecule has 122 valence electrons. The Morgan fingerprint density at radius 1 is 1.32 bits per heavy atom. The third kappa shape index (κ3) is 5.34. The maximum Gasteiger partial charge on any atom is 0.410 e. The molecule has 0 aromatic heterocycles. The molecule has 1 fully saturated rings. The molecule has 1 aromatic rings. The standard InChI is InChI=1S/C18H28N2O2/c1-2-19-13-8-12-17-11-6-7-14-20(17)18(21)22-15-16-9-4-3-5-10-16/h3-5,9-10,17,19H,2,6-8,11-15H2,1H3/t17-/m1/s1. The van der Waals surface area contributed by atoms with Crippen LogP contribution < -0.4 is 5.32 Å². The van der Waals surface area contributed by atoms with Crippen LogP contribution in [0.25, 0.3) is 0 Å². The highest BCUT2D eigenvalue weighted by molar-refractivity contribution is 5.68. The lowest BCUT2D eigenvalue weighted by Crippen LogP contribution is -2.44. The van der Waals surface area contributed by atoms with Crippen LogP contribution in [-0.4, -0.2) is 36.7 Å². The molecule has 1 N–H and O–H groups in total. The second kappa shape index (κ2) is 9.46. The molecule has 4 nitrogen and oxygen atoms in total. The van der Waals surface area contributed by atoms with E-state index < -0.39 is 0 Å². The summed E-state index contributed by atoms with van der Waals surface area (Å²) < 4.78 is 5.50. The quantitative estimate of drug-likeness (QED) is 0.783. The highest BCUT2D eigenvalue weighted by Crippen LogP contribution is 2.22. The van der Waals surface area contributed by atoms with Crippen molar-refractivity contribution in [1.82, 2.24) is 10.2 Å². The average molecular weight is 304 g/mol. The summed E-state index contributed by atoms with van der Waals surface area (Å²) in [5.74, 6) is 0. The first-order chi connectivity index (χ1) is 10.8. The van der Waals surface area contributed by atoms with Crippen LogP contribution >= 0.6 is 0 Å². The number of likely N-dealkylation sites (tertiary alicyclic amines) is 1. The highest BCUT2D eigenvalue weighted by Gasteiger charge is 2.27. The van der Waals surface area contributed by atoms with Crippen LogP contribution in [0.15, 0.2) is 30.3 Å². The second-order valence-electron chi connectivity index (χ2n) is 5.88. The predicted octanol–water partition coefficient (Wildman–Crippen LogP) is 3.57. The normalized spacial score (nSPS) is 18.2. The van der Waals surface area contributed by atoms with Crippen LogP contribution in [0.3, 0.4) is 0 Å². The molecule has 1 amide bonds. The van der Waals surface area contributed by atoms with Crippen LogP contribution in [-0.2, 0) is 11.3 Å². The molecule has 1 saturated heterocycles. The predicted molar refractivity (Wildman–Crippen MR) is 88.7 cm³/mol. The maximum absolute atomic E-state index is 12.4. The van der Waals surface area contributed by atoms with Crippen molar-refractivity contribution in [1.29, 1.82) is 0 Å². The summed E-state index contributed by atoms with van der Waals surface area (Å²) in [6, 6.07) is 10.2. The van der Waals surface area contributed by atoms with E-state index in [1.165, 1.54) is 6.42 Å². The number of piperidine rings is 1. The van der Waals surface area contributed by atoms with Crippen molar-refractivity contribution in [3.8, 4) is 0 Å². The van der Waals surface area contributed by atoms with E-state index in [1.807, 2.05) is 35.2 Å². The summed E-state index contributed by atoms with van der Waals surface area (Å²) in [5.41, 5.74) is 1.04. The molecule has 1 aliphatic heterocycles. The largest absolute Gasteiger partial charge is 0.445 e. The van der Waals surface area contributed by atoms with E-state index in [0.29, 0.717) is 12.6 Å². The van der Waals surface area contributed by atoms with E-state index in [4.69, 9.17) is 4.74 Å². The van der Waals surface area contributed by atoms with Gasteiger partial charge < -0.3 is 15.0 Å². The molecule has 4 heteroatoms. The fourth-order valence-corrected chi connectivity index (χ4v) is 2.98. The van der Waals surface area contributed by atoms with Crippen LogP contribution in [0.1, 0.15) is 44.6 Å². The Hall–Kier alpha value is -1.55. The van der Waals surface area contributed by atoms with E-state index in [-0.39, 0.29) is 6.09 Å². The Bertz CT molecular complexity index is 436. The van der Waals surface area contributed by atoms with Crippen LogP contribution in [0.2, 0.25) is 0 Å². The number of carbonyl (C=O) groups excluding carboxylic acids is 1. The number of nitrogens with zero attached hydrogens (tertiary/aromatic N) is 1. The van der Waals surface area contributed by atoms with Crippen molar-refractivity contribution >= 4 is 6.09 Å². The number of carbonyl (C=O) groups is 1. The van der Waals surface area contributed by atoms with Gasteiger partial charge in [-0.3, -0.25) is 0 Å². The Morgan fingerprint density at radius 3 is 2.91 bits per heavy atom. The third-order valence-corrected chi connectivity index (χ3v) is 4.21. The molecule has 0 unspecified atom stereocenters. The van der Waals surface area contributed by atoms with Crippen molar-refractivity contribution in [2.24, 2.45) is 0 Å². The number of ether oxygens (including phenoxy) is 1. The lowest BCUT2D eigenvalue weighted by molar-refractivity contribution is 0.0655. The molecule has 1 aromatic carbocycles. The number of hydrogen-bond donors (Lipinski definition) is 1. The third-order valence-electron chi connectivity index (χ3n) is 4.21. The maximum atomic E-state index is 12.4. The highest BCUT2D eigenvalue weighted by atomic mass is 16.6. The number of nitrogens with one attached hydrogen (secondary N) is 1. The molecule has 1 aliphatic rings. The van der Waals surface area contributed by atoms with Crippen molar-refractivity contribution in [3.63, 3.8) is 0 Å². The number of rotatable bonds is 7. The van der Waals surface area contributed by atoms with Gasteiger partial charge in [-0.2, -0.15) is 0 Å².